The van der Waals surface area contributed by atoms with Crippen molar-refractivity contribution in [1.82, 2.24) is 15.5 Å². The second-order valence-corrected chi connectivity index (χ2v) is 4.76. The van der Waals surface area contributed by atoms with Gasteiger partial charge in [-0.25, -0.2) is 8.78 Å². The van der Waals surface area contributed by atoms with Crippen molar-refractivity contribution in [2.75, 3.05) is 0 Å². The Hall–Kier alpha value is -2.60. The molecule has 0 unspecified atom stereocenters. The molecule has 1 aromatic heterocycles. The molecule has 1 heterocycles. The summed E-state index contributed by atoms with van der Waals surface area (Å²) >= 11 is 0. The molecule has 0 saturated carbocycles. The lowest BCUT2D eigenvalue weighted by atomic mass is 10.2. The summed E-state index contributed by atoms with van der Waals surface area (Å²) in [4.78, 5) is 4.20. The molecule has 3 aromatic rings. The minimum absolute atomic E-state index is 0.262. The van der Waals surface area contributed by atoms with E-state index in [9.17, 15) is 8.78 Å². The maximum absolute atomic E-state index is 13.1. The Morgan fingerprint density at radius 2 is 1.77 bits per heavy atom. The second-order valence-electron chi connectivity index (χ2n) is 4.76. The summed E-state index contributed by atoms with van der Waals surface area (Å²) in [6.45, 7) is 0.959. The molecule has 0 bridgehead atoms. The molecular weight excluding hydrogens is 288 g/mol. The first kappa shape index (κ1) is 14.3. The monoisotopic (exact) mass is 301 g/mol. The third-order valence-corrected chi connectivity index (χ3v) is 3.07. The van der Waals surface area contributed by atoms with E-state index in [0.29, 0.717) is 24.5 Å². The van der Waals surface area contributed by atoms with Crippen molar-refractivity contribution in [3.8, 4) is 11.5 Å². The summed E-state index contributed by atoms with van der Waals surface area (Å²) in [6.07, 6.45) is 0. The zero-order valence-electron chi connectivity index (χ0n) is 11.6. The van der Waals surface area contributed by atoms with Crippen LogP contribution in [0.2, 0.25) is 0 Å². The van der Waals surface area contributed by atoms with E-state index >= 15 is 0 Å². The largest absolute Gasteiger partial charge is 0.334 e. The van der Waals surface area contributed by atoms with Crippen molar-refractivity contribution in [2.24, 2.45) is 0 Å². The van der Waals surface area contributed by atoms with Crippen LogP contribution in [0.1, 0.15) is 11.4 Å². The Kier molecular flexibility index (Phi) is 4.20. The Balaban J connectivity index is 1.59. The molecule has 0 fully saturated rings. The zero-order chi connectivity index (χ0) is 15.4. The number of benzene rings is 2. The molecule has 0 atom stereocenters. The Morgan fingerprint density at radius 3 is 2.55 bits per heavy atom. The Labute approximate surface area is 125 Å². The fourth-order valence-corrected chi connectivity index (χ4v) is 1.99. The lowest BCUT2D eigenvalue weighted by Gasteiger charge is -2.01. The van der Waals surface area contributed by atoms with Gasteiger partial charge in [-0.1, -0.05) is 23.4 Å². The van der Waals surface area contributed by atoms with E-state index in [1.54, 1.807) is 24.3 Å². The van der Waals surface area contributed by atoms with Gasteiger partial charge in [-0.05, 0) is 35.9 Å². The average molecular weight is 301 g/mol. The van der Waals surface area contributed by atoms with E-state index in [1.165, 1.54) is 24.3 Å². The summed E-state index contributed by atoms with van der Waals surface area (Å²) in [5.74, 6) is 0.132. The molecule has 112 valence electrons. The minimum Gasteiger partial charge on any atom is -0.334 e. The van der Waals surface area contributed by atoms with Crippen LogP contribution in [0.5, 0.6) is 0 Å². The smallest absolute Gasteiger partial charge is 0.258 e. The highest BCUT2D eigenvalue weighted by molar-refractivity contribution is 5.52. The zero-order valence-corrected chi connectivity index (χ0v) is 11.6. The number of halogens is 2. The van der Waals surface area contributed by atoms with E-state index in [0.717, 1.165) is 5.56 Å². The topological polar surface area (TPSA) is 51.0 Å². The molecule has 6 heteroatoms. The first-order valence-electron chi connectivity index (χ1n) is 6.74. The third-order valence-electron chi connectivity index (χ3n) is 3.07. The molecule has 0 aliphatic rings. The molecule has 0 radical (unpaired) electrons. The van der Waals surface area contributed by atoms with Crippen LogP contribution in [0.25, 0.3) is 11.5 Å². The van der Waals surface area contributed by atoms with Gasteiger partial charge in [0.1, 0.15) is 11.6 Å². The van der Waals surface area contributed by atoms with Gasteiger partial charge < -0.3 is 9.84 Å². The number of aromatic nitrogens is 2. The predicted molar refractivity (Wildman–Crippen MR) is 76.6 cm³/mol. The standard InChI is InChI=1S/C16H13F2N3O/c17-13-6-4-11(5-7-13)9-19-10-15-20-16(22-21-15)12-2-1-3-14(18)8-12/h1-8,19H,9-10H2. The molecule has 0 aliphatic heterocycles. The molecule has 3 rings (SSSR count). The van der Waals surface area contributed by atoms with E-state index in [2.05, 4.69) is 15.5 Å². The van der Waals surface area contributed by atoms with Crippen LogP contribution in [0.3, 0.4) is 0 Å². The molecule has 22 heavy (non-hydrogen) atoms. The molecule has 0 amide bonds. The SMILES string of the molecule is Fc1ccc(CNCc2noc(-c3cccc(F)c3)n2)cc1. The number of hydrogen-bond donors (Lipinski definition) is 1. The van der Waals surface area contributed by atoms with Crippen molar-refractivity contribution in [1.29, 1.82) is 0 Å². The van der Waals surface area contributed by atoms with Crippen molar-refractivity contribution in [2.45, 2.75) is 13.1 Å². The van der Waals surface area contributed by atoms with Crippen molar-refractivity contribution in [3.63, 3.8) is 0 Å². The van der Waals surface area contributed by atoms with Gasteiger partial charge in [-0.2, -0.15) is 4.98 Å². The summed E-state index contributed by atoms with van der Waals surface area (Å²) in [5, 5.41) is 6.97. The first-order valence-corrected chi connectivity index (χ1v) is 6.74. The van der Waals surface area contributed by atoms with Crippen LogP contribution in [-0.4, -0.2) is 10.1 Å². The van der Waals surface area contributed by atoms with Crippen LogP contribution in [0.15, 0.2) is 53.1 Å². The van der Waals surface area contributed by atoms with Crippen LogP contribution in [-0.2, 0) is 13.1 Å². The maximum Gasteiger partial charge on any atom is 0.258 e. The van der Waals surface area contributed by atoms with Gasteiger partial charge in [-0.15, -0.1) is 0 Å². The Morgan fingerprint density at radius 1 is 0.955 bits per heavy atom. The summed E-state index contributed by atoms with van der Waals surface area (Å²) < 4.78 is 31.0. The molecular formula is C16H13F2N3O. The molecule has 4 nitrogen and oxygen atoms in total. The van der Waals surface area contributed by atoms with E-state index in [-0.39, 0.29) is 17.5 Å². The molecule has 0 saturated heterocycles. The van der Waals surface area contributed by atoms with Crippen molar-refractivity contribution >= 4 is 0 Å². The van der Waals surface area contributed by atoms with Crippen molar-refractivity contribution < 1.29 is 13.3 Å². The quantitative estimate of drug-likeness (QED) is 0.785. The summed E-state index contributed by atoms with van der Waals surface area (Å²) in [6, 6.07) is 12.2. The maximum atomic E-state index is 13.1. The predicted octanol–water partition coefficient (Wildman–Crippen LogP) is 3.30. The fraction of sp³-hybridized carbons (Fsp3) is 0.125. The van der Waals surface area contributed by atoms with Crippen LogP contribution >= 0.6 is 0 Å². The van der Waals surface area contributed by atoms with Crippen molar-refractivity contribution in [3.05, 3.63) is 71.6 Å². The van der Waals surface area contributed by atoms with E-state index in [1.807, 2.05) is 0 Å². The Bertz CT molecular complexity index is 756. The molecule has 2 aromatic carbocycles. The highest BCUT2D eigenvalue weighted by Gasteiger charge is 2.09. The fourth-order valence-electron chi connectivity index (χ4n) is 1.99. The van der Waals surface area contributed by atoms with Gasteiger partial charge >= 0.3 is 0 Å². The second kappa shape index (κ2) is 6.44. The van der Waals surface area contributed by atoms with Gasteiger partial charge in [-0.3, -0.25) is 0 Å². The van der Waals surface area contributed by atoms with Gasteiger partial charge in [0.2, 0.25) is 0 Å². The summed E-state index contributed by atoms with van der Waals surface area (Å²) in [7, 11) is 0. The van der Waals surface area contributed by atoms with Crippen LogP contribution in [0, 0.1) is 11.6 Å². The first-order chi connectivity index (χ1) is 10.7. The van der Waals surface area contributed by atoms with Crippen LogP contribution < -0.4 is 5.32 Å². The molecule has 1 N–H and O–H groups in total. The van der Waals surface area contributed by atoms with Gasteiger partial charge in [0.15, 0.2) is 5.82 Å². The lowest BCUT2D eigenvalue weighted by Crippen LogP contribution is -2.13. The molecule has 0 aliphatic carbocycles. The highest BCUT2D eigenvalue weighted by atomic mass is 19.1. The van der Waals surface area contributed by atoms with Gasteiger partial charge in [0.25, 0.3) is 5.89 Å². The van der Waals surface area contributed by atoms with Gasteiger partial charge in [0.05, 0.1) is 6.54 Å². The van der Waals surface area contributed by atoms with Gasteiger partial charge in [0, 0.05) is 12.1 Å². The number of rotatable bonds is 5. The normalized spacial score (nSPS) is 10.8. The summed E-state index contributed by atoms with van der Waals surface area (Å²) in [5.41, 5.74) is 1.49. The number of hydrogen-bond acceptors (Lipinski definition) is 4. The average Bonchev–Trinajstić information content (AvgIpc) is 2.98. The van der Waals surface area contributed by atoms with E-state index in [4.69, 9.17) is 4.52 Å². The molecule has 0 spiro atoms. The van der Waals surface area contributed by atoms with Crippen LogP contribution in [0.4, 0.5) is 8.78 Å². The number of nitrogens with zero attached hydrogens (tertiary/aromatic N) is 2. The lowest BCUT2D eigenvalue weighted by molar-refractivity contribution is 0.419. The number of nitrogens with one attached hydrogen (secondary N) is 1. The highest BCUT2D eigenvalue weighted by Crippen LogP contribution is 2.17. The van der Waals surface area contributed by atoms with E-state index < -0.39 is 0 Å². The minimum atomic E-state index is -0.355. The third kappa shape index (κ3) is 3.53.